The van der Waals surface area contributed by atoms with Gasteiger partial charge in [0.25, 0.3) is 5.91 Å². The largest absolute Gasteiger partial charge is 0.494 e. The van der Waals surface area contributed by atoms with E-state index in [2.05, 4.69) is 10.3 Å². The maximum Gasteiger partial charge on any atom is 0.269 e. The molecular weight excluding hydrogens is 436 g/mol. The molecule has 0 saturated carbocycles. The fraction of sp³-hybridized carbons (Fsp3) is 0.480. The van der Waals surface area contributed by atoms with Gasteiger partial charge in [0.1, 0.15) is 17.0 Å². The summed E-state index contributed by atoms with van der Waals surface area (Å²) in [7, 11) is 0. The highest BCUT2D eigenvalue weighted by Crippen LogP contribution is 2.24. The zero-order valence-corrected chi connectivity index (χ0v) is 19.2. The number of pyridine rings is 1. The number of aliphatic hydroxyl groups excluding tert-OH is 1. The first-order valence-corrected chi connectivity index (χ1v) is 11.7. The third kappa shape index (κ3) is 6.11. The lowest BCUT2D eigenvalue weighted by Gasteiger charge is -2.26. The number of likely N-dealkylation sites (tertiary alicyclic amines) is 2. The number of aliphatic hydroxyl groups is 2. The molecule has 0 unspecified atom stereocenters. The molecule has 2 fully saturated rings. The Morgan fingerprint density at radius 1 is 1.24 bits per heavy atom. The summed E-state index contributed by atoms with van der Waals surface area (Å²) in [6, 6.07) is 12.8. The molecule has 0 radical (unpaired) electrons. The van der Waals surface area contributed by atoms with Crippen LogP contribution in [-0.4, -0.2) is 87.8 Å². The van der Waals surface area contributed by atoms with E-state index in [1.807, 2.05) is 34.1 Å². The van der Waals surface area contributed by atoms with Gasteiger partial charge in [0.15, 0.2) is 0 Å². The second-order valence-corrected chi connectivity index (χ2v) is 9.02. The number of aromatic nitrogens is 1. The van der Waals surface area contributed by atoms with Crippen LogP contribution in [0.15, 0.2) is 48.7 Å². The maximum absolute atomic E-state index is 12.2. The Morgan fingerprint density at radius 2 is 2.06 bits per heavy atom. The lowest BCUT2D eigenvalue weighted by molar-refractivity contribution is -0.127. The van der Waals surface area contributed by atoms with Crippen LogP contribution in [0, 0.1) is 0 Å². The van der Waals surface area contributed by atoms with Crippen LogP contribution < -0.4 is 10.1 Å². The van der Waals surface area contributed by atoms with Crippen molar-refractivity contribution in [3.8, 4) is 5.75 Å². The van der Waals surface area contributed by atoms with Crippen LogP contribution in [0.2, 0.25) is 0 Å². The smallest absolute Gasteiger partial charge is 0.269 e. The molecule has 182 valence electrons. The lowest BCUT2D eigenvalue weighted by Crippen LogP contribution is -2.51. The van der Waals surface area contributed by atoms with E-state index in [1.165, 1.54) is 6.20 Å². The first-order chi connectivity index (χ1) is 16.4. The molecule has 4 rings (SSSR count). The van der Waals surface area contributed by atoms with Gasteiger partial charge in [-0.3, -0.25) is 19.5 Å². The summed E-state index contributed by atoms with van der Waals surface area (Å²) >= 11 is 0. The highest BCUT2D eigenvalue weighted by Gasteiger charge is 2.44. The molecule has 2 amide bonds. The van der Waals surface area contributed by atoms with Crippen molar-refractivity contribution in [1.29, 1.82) is 0 Å². The Kier molecular flexibility index (Phi) is 7.77. The number of carbonyl (C=O) groups excluding carboxylic acids is 2. The number of hydrogen-bond acceptors (Lipinski definition) is 7. The predicted molar refractivity (Wildman–Crippen MR) is 125 cm³/mol. The van der Waals surface area contributed by atoms with Crippen molar-refractivity contribution >= 4 is 11.8 Å². The number of rotatable bonds is 10. The minimum atomic E-state index is -1.43. The maximum atomic E-state index is 12.2. The molecule has 3 heterocycles. The van der Waals surface area contributed by atoms with Gasteiger partial charge in [-0.1, -0.05) is 18.2 Å². The third-order valence-corrected chi connectivity index (χ3v) is 6.34. The molecule has 0 bridgehead atoms. The van der Waals surface area contributed by atoms with E-state index < -0.39 is 11.7 Å². The molecule has 1 aromatic carbocycles. The van der Waals surface area contributed by atoms with Crippen LogP contribution >= 0.6 is 0 Å². The summed E-state index contributed by atoms with van der Waals surface area (Å²) in [5.41, 5.74) is -0.129. The molecule has 2 atom stereocenters. The number of nitrogens with one attached hydrogen (secondary N) is 1. The zero-order valence-electron chi connectivity index (χ0n) is 19.2. The van der Waals surface area contributed by atoms with Gasteiger partial charge in [-0.05, 0) is 42.7 Å². The Balaban J connectivity index is 1.20. The minimum absolute atomic E-state index is 0.0596. The van der Waals surface area contributed by atoms with Crippen molar-refractivity contribution in [2.45, 2.75) is 37.5 Å². The first-order valence-electron chi connectivity index (χ1n) is 11.7. The molecule has 1 aromatic heterocycles. The van der Waals surface area contributed by atoms with Crippen LogP contribution in [0.1, 0.15) is 35.3 Å². The summed E-state index contributed by atoms with van der Waals surface area (Å²) in [5.74, 6) is 0.618. The number of nitrogens with zero attached hydrogens (tertiary/aromatic N) is 3. The summed E-state index contributed by atoms with van der Waals surface area (Å²) < 4.78 is 5.79. The highest BCUT2D eigenvalue weighted by molar-refractivity contribution is 5.92. The minimum Gasteiger partial charge on any atom is -0.494 e. The molecule has 2 aliphatic heterocycles. The molecule has 9 nitrogen and oxygen atoms in total. The van der Waals surface area contributed by atoms with E-state index in [0.29, 0.717) is 26.1 Å². The van der Waals surface area contributed by atoms with Crippen molar-refractivity contribution in [3.63, 3.8) is 0 Å². The highest BCUT2D eigenvalue weighted by atomic mass is 16.5. The quantitative estimate of drug-likeness (QED) is 0.442. The molecule has 2 aromatic rings. The topological polar surface area (TPSA) is 115 Å². The van der Waals surface area contributed by atoms with Crippen molar-refractivity contribution < 1.29 is 24.5 Å². The van der Waals surface area contributed by atoms with Crippen LogP contribution in [0.3, 0.4) is 0 Å². The van der Waals surface area contributed by atoms with E-state index >= 15 is 0 Å². The van der Waals surface area contributed by atoms with Crippen molar-refractivity contribution in [2.24, 2.45) is 0 Å². The van der Waals surface area contributed by atoms with E-state index in [1.54, 1.807) is 18.2 Å². The Labute approximate surface area is 199 Å². The number of β-amino-alcohol motifs (C(OH)–C–C–N with tert-alkyl or cyclic N) is 2. The fourth-order valence-corrected chi connectivity index (χ4v) is 4.42. The van der Waals surface area contributed by atoms with Crippen molar-refractivity contribution in [2.75, 3.05) is 39.3 Å². The molecule has 9 heteroatoms. The van der Waals surface area contributed by atoms with Crippen LogP contribution in [0.4, 0.5) is 0 Å². The number of ether oxygens (including phenoxy) is 1. The van der Waals surface area contributed by atoms with Crippen molar-refractivity contribution in [3.05, 3.63) is 59.9 Å². The van der Waals surface area contributed by atoms with Crippen LogP contribution in [0.25, 0.3) is 0 Å². The standard InChI is InChI=1S/C25H32N4O5/c30-22-16-28(18-25(22,33)17-27-24(32)21-5-1-2-11-26-21)15-19-7-9-20(10-8-19)34-14-4-13-29-12-3-6-23(29)31/h1-2,5,7-11,22,30,33H,3-4,6,12-18H2,(H,27,32)/t22-,25+/m1/s1. The summed E-state index contributed by atoms with van der Waals surface area (Å²) in [4.78, 5) is 31.7. The molecule has 0 spiro atoms. The summed E-state index contributed by atoms with van der Waals surface area (Å²) in [6.45, 7) is 3.19. The molecule has 0 aliphatic carbocycles. The number of hydrogen-bond donors (Lipinski definition) is 3. The molecule has 34 heavy (non-hydrogen) atoms. The van der Waals surface area contributed by atoms with Gasteiger partial charge in [0.05, 0.1) is 19.3 Å². The fourth-order valence-electron chi connectivity index (χ4n) is 4.42. The van der Waals surface area contributed by atoms with E-state index in [-0.39, 0.29) is 30.6 Å². The number of amides is 2. The monoisotopic (exact) mass is 468 g/mol. The van der Waals surface area contributed by atoms with E-state index in [0.717, 1.165) is 37.2 Å². The van der Waals surface area contributed by atoms with Gasteiger partial charge in [0.2, 0.25) is 5.91 Å². The van der Waals surface area contributed by atoms with Crippen LogP contribution in [-0.2, 0) is 11.3 Å². The zero-order chi connectivity index (χ0) is 24.0. The SMILES string of the molecule is O=C(NC[C@]1(O)CN(Cc2ccc(OCCCN3CCCC3=O)cc2)C[C@H]1O)c1ccccn1. The molecule has 2 aliphatic rings. The number of benzene rings is 1. The Bertz CT molecular complexity index is 971. The van der Waals surface area contributed by atoms with E-state index in [4.69, 9.17) is 4.74 Å². The van der Waals surface area contributed by atoms with Gasteiger partial charge in [-0.15, -0.1) is 0 Å². The third-order valence-electron chi connectivity index (χ3n) is 6.34. The van der Waals surface area contributed by atoms with Crippen molar-refractivity contribution in [1.82, 2.24) is 20.1 Å². The summed E-state index contributed by atoms with van der Waals surface area (Å²) in [5, 5.41) is 24.0. The Hall–Kier alpha value is -3.01. The molecular formula is C25H32N4O5. The first kappa shape index (κ1) is 24.1. The lowest BCUT2D eigenvalue weighted by atomic mass is 10.0. The van der Waals surface area contributed by atoms with Gasteiger partial charge in [-0.2, -0.15) is 0 Å². The predicted octanol–water partition coefficient (Wildman–Crippen LogP) is 0.811. The average molecular weight is 469 g/mol. The normalized spacial score (nSPS) is 22.8. The van der Waals surface area contributed by atoms with Gasteiger partial charge in [-0.25, -0.2) is 0 Å². The second-order valence-electron chi connectivity index (χ2n) is 9.02. The van der Waals surface area contributed by atoms with E-state index in [9.17, 15) is 19.8 Å². The summed E-state index contributed by atoms with van der Waals surface area (Å²) in [6.07, 6.45) is 2.97. The molecule has 2 saturated heterocycles. The Morgan fingerprint density at radius 3 is 2.76 bits per heavy atom. The second kappa shape index (κ2) is 10.9. The van der Waals surface area contributed by atoms with Gasteiger partial charge in [0, 0.05) is 45.3 Å². The van der Waals surface area contributed by atoms with Crippen LogP contribution in [0.5, 0.6) is 5.75 Å². The van der Waals surface area contributed by atoms with Gasteiger partial charge < -0.3 is 25.2 Å². The number of carbonyl (C=O) groups is 2. The average Bonchev–Trinajstić information content (AvgIpc) is 3.38. The molecule has 3 N–H and O–H groups in total. The van der Waals surface area contributed by atoms with Gasteiger partial charge >= 0.3 is 0 Å².